The molecule has 2 aromatic carbocycles. The summed E-state index contributed by atoms with van der Waals surface area (Å²) in [7, 11) is 0. The first-order valence-electron chi connectivity index (χ1n) is 12.4. The monoisotopic (exact) mass is 490 g/mol. The molecular formula is C26H28N5O5+. The number of amides is 2. The fourth-order valence-corrected chi connectivity index (χ4v) is 5.87. The van der Waals surface area contributed by atoms with Crippen molar-refractivity contribution in [3.8, 4) is 0 Å². The van der Waals surface area contributed by atoms with E-state index in [4.69, 9.17) is 4.74 Å². The second kappa shape index (κ2) is 9.03. The van der Waals surface area contributed by atoms with Crippen molar-refractivity contribution in [3.05, 3.63) is 75.5 Å². The molecule has 0 aliphatic carbocycles. The number of carbonyl (C=O) groups is 2. The molecule has 2 saturated heterocycles. The lowest BCUT2D eigenvalue weighted by molar-refractivity contribution is -0.907. The average molecular weight is 491 g/mol. The van der Waals surface area contributed by atoms with Gasteiger partial charge in [-0.25, -0.2) is 0 Å². The number of rotatable bonds is 5. The highest BCUT2D eigenvalue weighted by Gasteiger charge is 2.48. The summed E-state index contributed by atoms with van der Waals surface area (Å²) in [5.74, 6) is -0.203. The minimum Gasteiger partial charge on any atom is -0.370 e. The van der Waals surface area contributed by atoms with Crippen molar-refractivity contribution in [3.63, 3.8) is 0 Å². The number of piperazine rings is 1. The van der Waals surface area contributed by atoms with Crippen molar-refractivity contribution in [1.82, 2.24) is 14.8 Å². The number of carbonyl (C=O) groups excluding carboxylic acids is 2. The number of nitro groups is 1. The number of nitrogens with zero attached hydrogens (tertiary/aromatic N) is 3. The SMILES string of the molecule is O=C1[C@@H]2Cc3c([nH]c4ccccc34)[C@H](c3cccc([N+](=O)[O-])c3)N2C(=O)CN1CC[NH+]1CCOCC1. The molecule has 10 nitrogen and oxygen atoms in total. The van der Waals surface area contributed by atoms with Gasteiger partial charge in [-0.15, -0.1) is 0 Å². The maximum absolute atomic E-state index is 13.8. The minimum atomic E-state index is -0.651. The van der Waals surface area contributed by atoms with Gasteiger partial charge in [-0.3, -0.25) is 19.7 Å². The lowest BCUT2D eigenvalue weighted by atomic mass is 9.86. The summed E-state index contributed by atoms with van der Waals surface area (Å²) in [4.78, 5) is 46.6. The summed E-state index contributed by atoms with van der Waals surface area (Å²) < 4.78 is 5.43. The molecule has 2 amide bonds. The van der Waals surface area contributed by atoms with Gasteiger partial charge >= 0.3 is 0 Å². The van der Waals surface area contributed by atoms with Crippen molar-refractivity contribution in [2.45, 2.75) is 18.5 Å². The van der Waals surface area contributed by atoms with Crippen LogP contribution < -0.4 is 4.90 Å². The van der Waals surface area contributed by atoms with Crippen LogP contribution in [0, 0.1) is 10.1 Å². The zero-order valence-corrected chi connectivity index (χ0v) is 19.8. The lowest BCUT2D eigenvalue weighted by Gasteiger charge is -2.47. The zero-order valence-electron chi connectivity index (χ0n) is 19.8. The third kappa shape index (κ3) is 3.82. The van der Waals surface area contributed by atoms with Crippen LogP contribution in [0.3, 0.4) is 0 Å². The van der Waals surface area contributed by atoms with Gasteiger partial charge in [0.1, 0.15) is 25.7 Å². The van der Waals surface area contributed by atoms with Crippen LogP contribution in [0.5, 0.6) is 0 Å². The number of H-pyrrole nitrogens is 1. The predicted octanol–water partition coefficient (Wildman–Crippen LogP) is 0.676. The lowest BCUT2D eigenvalue weighted by Crippen LogP contribution is -3.14. The number of morpholine rings is 1. The van der Waals surface area contributed by atoms with Crippen LogP contribution in [0.1, 0.15) is 22.9 Å². The summed E-state index contributed by atoms with van der Waals surface area (Å²) in [6, 6.07) is 13.0. The third-order valence-electron chi connectivity index (χ3n) is 7.67. The molecule has 2 fully saturated rings. The van der Waals surface area contributed by atoms with Gasteiger partial charge in [-0.05, 0) is 17.2 Å². The number of hydrogen-bond acceptors (Lipinski definition) is 5. The van der Waals surface area contributed by atoms with Crippen LogP contribution in [-0.2, 0) is 20.7 Å². The highest BCUT2D eigenvalue weighted by atomic mass is 16.6. The summed E-state index contributed by atoms with van der Waals surface area (Å²) in [5.41, 5.74) is 3.31. The standard InChI is InChI=1S/C26H27N5O5/c32-23-16-29(9-8-28-10-12-36-13-11-28)26(33)22-15-20-19-6-1-2-7-21(19)27-24(20)25(30(22)23)17-4-3-5-18(14-17)31(34)35/h1-7,14,22,25,27H,8-13,15-16H2/p+1/t22-,25-/m0/s1. The van der Waals surface area contributed by atoms with E-state index in [1.165, 1.54) is 17.0 Å². The van der Waals surface area contributed by atoms with Gasteiger partial charge in [0.25, 0.3) is 5.69 Å². The third-order valence-corrected chi connectivity index (χ3v) is 7.67. The fraction of sp³-hybridized carbons (Fsp3) is 0.385. The summed E-state index contributed by atoms with van der Waals surface area (Å²) >= 11 is 0. The van der Waals surface area contributed by atoms with Crippen LogP contribution in [0.25, 0.3) is 10.9 Å². The van der Waals surface area contributed by atoms with E-state index < -0.39 is 17.0 Å². The van der Waals surface area contributed by atoms with Gasteiger partial charge in [0.05, 0.1) is 37.3 Å². The van der Waals surface area contributed by atoms with E-state index >= 15 is 0 Å². The molecule has 3 aliphatic rings. The van der Waals surface area contributed by atoms with Crippen LogP contribution in [0.15, 0.2) is 48.5 Å². The van der Waals surface area contributed by atoms with Gasteiger partial charge in [0.2, 0.25) is 11.8 Å². The van der Waals surface area contributed by atoms with Gasteiger partial charge in [-0.2, -0.15) is 0 Å². The Hall–Kier alpha value is -3.76. The van der Waals surface area contributed by atoms with Crippen molar-refractivity contribution in [1.29, 1.82) is 0 Å². The fourth-order valence-electron chi connectivity index (χ4n) is 5.87. The Bertz CT molecular complexity index is 1350. The van der Waals surface area contributed by atoms with Crippen LogP contribution in [0.4, 0.5) is 5.69 Å². The van der Waals surface area contributed by atoms with Crippen LogP contribution >= 0.6 is 0 Å². The van der Waals surface area contributed by atoms with Gasteiger partial charge < -0.3 is 24.4 Å². The molecule has 3 aromatic rings. The number of quaternary nitrogens is 1. The van der Waals surface area contributed by atoms with Crippen LogP contribution in [0.2, 0.25) is 0 Å². The number of nitro benzene ring substituents is 1. The number of fused-ring (bicyclic) bond motifs is 4. The molecule has 0 saturated carbocycles. The normalized spacial score (nSPS) is 22.6. The van der Waals surface area contributed by atoms with Gasteiger partial charge in [0.15, 0.2) is 0 Å². The summed E-state index contributed by atoms with van der Waals surface area (Å²) in [6.07, 6.45) is 0.413. The number of hydrogen-bond donors (Lipinski definition) is 2. The molecule has 2 N–H and O–H groups in total. The number of non-ortho nitro benzene ring substituents is 1. The number of aromatic nitrogens is 1. The Labute approximate surface area is 207 Å². The molecule has 1 aromatic heterocycles. The molecule has 4 heterocycles. The van der Waals surface area contributed by atoms with Crippen molar-refractivity contribution in [2.24, 2.45) is 0 Å². The van der Waals surface area contributed by atoms with E-state index in [9.17, 15) is 19.7 Å². The predicted molar refractivity (Wildman–Crippen MR) is 131 cm³/mol. The van der Waals surface area contributed by atoms with Crippen molar-refractivity contribution >= 4 is 28.4 Å². The topological polar surface area (TPSA) is 113 Å². The summed E-state index contributed by atoms with van der Waals surface area (Å²) in [6.45, 7) is 4.55. The molecule has 6 rings (SSSR count). The molecule has 10 heteroatoms. The first kappa shape index (κ1) is 22.7. The molecular weight excluding hydrogens is 462 g/mol. The smallest absolute Gasteiger partial charge is 0.269 e. The van der Waals surface area contributed by atoms with Gasteiger partial charge in [-0.1, -0.05) is 30.3 Å². The number of para-hydroxylation sites is 1. The van der Waals surface area contributed by atoms with Crippen LogP contribution in [-0.4, -0.2) is 83.5 Å². The molecule has 0 bridgehead atoms. The van der Waals surface area contributed by atoms with E-state index in [0.29, 0.717) is 31.7 Å². The van der Waals surface area contributed by atoms with E-state index in [-0.39, 0.29) is 24.0 Å². The molecule has 2 atom stereocenters. The average Bonchev–Trinajstić information content (AvgIpc) is 3.28. The second-order valence-electron chi connectivity index (χ2n) is 9.71. The van der Waals surface area contributed by atoms with Gasteiger partial charge in [0, 0.05) is 35.2 Å². The Morgan fingerprint density at radius 3 is 2.72 bits per heavy atom. The molecule has 3 aliphatic heterocycles. The number of nitrogens with one attached hydrogen (secondary N) is 2. The van der Waals surface area contributed by atoms with E-state index in [1.807, 2.05) is 24.3 Å². The second-order valence-corrected chi connectivity index (χ2v) is 9.71. The van der Waals surface area contributed by atoms with E-state index in [1.54, 1.807) is 21.9 Å². The largest absolute Gasteiger partial charge is 0.370 e. The minimum absolute atomic E-state index is 0.0140. The molecule has 0 radical (unpaired) electrons. The Kier molecular flexibility index (Phi) is 5.69. The first-order chi connectivity index (χ1) is 17.5. The number of benzene rings is 2. The molecule has 0 spiro atoms. The maximum atomic E-state index is 13.8. The summed E-state index contributed by atoms with van der Waals surface area (Å²) in [5, 5.41) is 12.5. The number of ether oxygens (including phenoxy) is 1. The van der Waals surface area contributed by atoms with E-state index in [0.717, 1.165) is 41.8 Å². The Morgan fingerprint density at radius 2 is 1.92 bits per heavy atom. The Balaban J connectivity index is 1.39. The zero-order chi connectivity index (χ0) is 24.8. The van der Waals surface area contributed by atoms with E-state index in [2.05, 4.69) is 4.98 Å². The highest BCUT2D eigenvalue weighted by molar-refractivity contribution is 5.97. The van der Waals surface area contributed by atoms with Crippen molar-refractivity contribution in [2.75, 3.05) is 45.9 Å². The maximum Gasteiger partial charge on any atom is 0.269 e. The number of aromatic amines is 1. The molecule has 0 unspecified atom stereocenters. The quantitative estimate of drug-likeness (QED) is 0.403. The Morgan fingerprint density at radius 1 is 1.11 bits per heavy atom. The molecule has 36 heavy (non-hydrogen) atoms. The highest BCUT2D eigenvalue weighted by Crippen LogP contribution is 2.43. The molecule has 186 valence electrons. The van der Waals surface area contributed by atoms with Crippen molar-refractivity contribution < 1.29 is 24.1 Å². The first-order valence-corrected chi connectivity index (χ1v) is 12.4.